The number of hydrogen-bond acceptors (Lipinski definition) is 2. The normalized spacial score (nSPS) is 10.8. The van der Waals surface area contributed by atoms with Crippen LogP contribution in [0.25, 0.3) is 10.1 Å². The Balaban J connectivity index is 1.91. The first kappa shape index (κ1) is 16.9. The van der Waals surface area contributed by atoms with Gasteiger partial charge in [-0.15, -0.1) is 17.9 Å². The number of hydrogen-bond donors (Lipinski definition) is 0. The molecule has 0 radical (unpaired) electrons. The maximum atomic E-state index is 13.1. The summed E-state index contributed by atoms with van der Waals surface area (Å²) in [5.74, 6) is -0.347. The number of benzene rings is 2. The van der Waals surface area contributed by atoms with Crippen molar-refractivity contribution in [3.8, 4) is 0 Å². The van der Waals surface area contributed by atoms with Crippen molar-refractivity contribution >= 4 is 43.3 Å². The standard InChI is InChI=1S/C19H15BrFNOS/c1-2-11-22(12-13-7-9-14(21)10-8-13)19(23)18-17(20)15-5-3-4-6-16(15)24-18/h2-10H,1,11-12H2. The van der Waals surface area contributed by atoms with Crippen molar-refractivity contribution < 1.29 is 9.18 Å². The number of amides is 1. The van der Waals surface area contributed by atoms with Crippen LogP contribution in [0, 0.1) is 5.82 Å². The lowest BCUT2D eigenvalue weighted by molar-refractivity contribution is 0.0767. The molecular weight excluding hydrogens is 389 g/mol. The van der Waals surface area contributed by atoms with E-state index < -0.39 is 0 Å². The summed E-state index contributed by atoms with van der Waals surface area (Å²) in [5.41, 5.74) is 0.879. The average molecular weight is 404 g/mol. The Bertz CT molecular complexity index is 888. The van der Waals surface area contributed by atoms with E-state index in [1.165, 1.54) is 23.5 Å². The van der Waals surface area contributed by atoms with Crippen molar-refractivity contribution in [1.82, 2.24) is 4.90 Å². The van der Waals surface area contributed by atoms with Crippen LogP contribution in [0.2, 0.25) is 0 Å². The Morgan fingerprint density at radius 3 is 2.58 bits per heavy atom. The second kappa shape index (κ2) is 7.28. The minimum absolute atomic E-state index is 0.0627. The third kappa shape index (κ3) is 3.42. The largest absolute Gasteiger partial charge is 0.330 e. The van der Waals surface area contributed by atoms with Gasteiger partial charge in [-0.2, -0.15) is 0 Å². The van der Waals surface area contributed by atoms with Gasteiger partial charge in [0.25, 0.3) is 5.91 Å². The van der Waals surface area contributed by atoms with Gasteiger partial charge in [-0.1, -0.05) is 36.4 Å². The number of carbonyl (C=O) groups is 1. The molecule has 0 N–H and O–H groups in total. The predicted octanol–water partition coefficient (Wildman–Crippen LogP) is 5.63. The van der Waals surface area contributed by atoms with E-state index in [1.54, 1.807) is 23.1 Å². The topological polar surface area (TPSA) is 20.3 Å². The van der Waals surface area contributed by atoms with E-state index in [1.807, 2.05) is 24.3 Å². The quantitative estimate of drug-likeness (QED) is 0.505. The number of carbonyl (C=O) groups excluding carboxylic acids is 1. The zero-order chi connectivity index (χ0) is 17.1. The first-order valence-electron chi connectivity index (χ1n) is 7.42. The van der Waals surface area contributed by atoms with E-state index in [-0.39, 0.29) is 11.7 Å². The van der Waals surface area contributed by atoms with Crippen LogP contribution in [0.15, 0.2) is 65.7 Å². The Hall–Kier alpha value is -1.98. The summed E-state index contributed by atoms with van der Waals surface area (Å²) in [5, 5.41) is 1.03. The fraction of sp³-hybridized carbons (Fsp3) is 0.105. The molecule has 0 aliphatic heterocycles. The average Bonchev–Trinajstić information content (AvgIpc) is 2.93. The molecule has 2 nitrogen and oxygen atoms in total. The van der Waals surface area contributed by atoms with Crippen LogP contribution in [0.5, 0.6) is 0 Å². The summed E-state index contributed by atoms with van der Waals surface area (Å²) in [6, 6.07) is 14.1. The highest BCUT2D eigenvalue weighted by Gasteiger charge is 2.21. The van der Waals surface area contributed by atoms with Gasteiger partial charge in [-0.3, -0.25) is 4.79 Å². The Morgan fingerprint density at radius 1 is 1.21 bits per heavy atom. The summed E-state index contributed by atoms with van der Waals surface area (Å²) >= 11 is 5.02. The summed E-state index contributed by atoms with van der Waals surface area (Å²) < 4.78 is 14.9. The van der Waals surface area contributed by atoms with Crippen LogP contribution >= 0.6 is 27.3 Å². The van der Waals surface area contributed by atoms with Crippen molar-refractivity contribution in [2.75, 3.05) is 6.54 Å². The van der Waals surface area contributed by atoms with Crippen molar-refractivity contribution in [3.63, 3.8) is 0 Å². The van der Waals surface area contributed by atoms with E-state index in [4.69, 9.17) is 0 Å². The van der Waals surface area contributed by atoms with Gasteiger partial charge in [0.15, 0.2) is 0 Å². The molecule has 0 bridgehead atoms. The highest BCUT2D eigenvalue weighted by atomic mass is 79.9. The molecule has 0 aliphatic carbocycles. The molecule has 1 amide bonds. The minimum atomic E-state index is -0.285. The molecule has 24 heavy (non-hydrogen) atoms. The molecule has 0 atom stereocenters. The van der Waals surface area contributed by atoms with Gasteiger partial charge in [-0.25, -0.2) is 4.39 Å². The van der Waals surface area contributed by atoms with Crippen molar-refractivity contribution in [2.45, 2.75) is 6.54 Å². The maximum absolute atomic E-state index is 13.1. The highest BCUT2D eigenvalue weighted by molar-refractivity contribution is 9.10. The smallest absolute Gasteiger partial charge is 0.265 e. The van der Waals surface area contributed by atoms with Gasteiger partial charge in [0.1, 0.15) is 10.7 Å². The first-order chi connectivity index (χ1) is 11.6. The summed E-state index contributed by atoms with van der Waals surface area (Å²) in [7, 11) is 0. The monoisotopic (exact) mass is 403 g/mol. The van der Waals surface area contributed by atoms with E-state index in [2.05, 4.69) is 22.5 Å². The van der Waals surface area contributed by atoms with Crippen LogP contribution in [0.3, 0.4) is 0 Å². The van der Waals surface area contributed by atoms with Gasteiger partial charge in [0.05, 0.1) is 0 Å². The van der Waals surface area contributed by atoms with Crippen LogP contribution in [-0.4, -0.2) is 17.4 Å². The molecule has 1 aromatic heterocycles. The molecule has 3 rings (SSSR count). The lowest BCUT2D eigenvalue weighted by atomic mass is 10.2. The molecular formula is C19H15BrFNOS. The van der Waals surface area contributed by atoms with E-state index in [0.717, 1.165) is 20.1 Å². The van der Waals surface area contributed by atoms with Gasteiger partial charge in [0.2, 0.25) is 0 Å². The number of thiophene rings is 1. The molecule has 0 saturated heterocycles. The molecule has 0 unspecified atom stereocenters. The van der Waals surface area contributed by atoms with Crippen LogP contribution in [0.4, 0.5) is 4.39 Å². The molecule has 0 fully saturated rings. The molecule has 2 aromatic carbocycles. The molecule has 0 spiro atoms. The fourth-order valence-corrected chi connectivity index (χ4v) is 4.43. The second-order valence-corrected chi connectivity index (χ2v) is 7.19. The molecule has 5 heteroatoms. The fourth-order valence-electron chi connectivity index (χ4n) is 2.48. The molecule has 122 valence electrons. The van der Waals surface area contributed by atoms with E-state index in [0.29, 0.717) is 18.0 Å². The molecule has 0 aliphatic rings. The number of nitrogens with zero attached hydrogens (tertiary/aromatic N) is 1. The highest BCUT2D eigenvalue weighted by Crippen LogP contribution is 2.36. The van der Waals surface area contributed by atoms with Gasteiger partial charge >= 0.3 is 0 Å². The predicted molar refractivity (Wildman–Crippen MR) is 101 cm³/mol. The Morgan fingerprint density at radius 2 is 1.92 bits per heavy atom. The van der Waals surface area contributed by atoms with Crippen LogP contribution in [-0.2, 0) is 6.54 Å². The first-order valence-corrected chi connectivity index (χ1v) is 9.02. The van der Waals surface area contributed by atoms with Crippen LogP contribution in [0.1, 0.15) is 15.2 Å². The minimum Gasteiger partial charge on any atom is -0.330 e. The third-order valence-corrected chi connectivity index (χ3v) is 5.90. The Labute approximate surface area is 152 Å². The summed E-state index contributed by atoms with van der Waals surface area (Å²) in [6.07, 6.45) is 1.70. The van der Waals surface area contributed by atoms with Crippen LogP contribution < -0.4 is 0 Å². The molecule has 1 heterocycles. The molecule has 0 saturated carbocycles. The van der Waals surface area contributed by atoms with Crippen molar-refractivity contribution in [2.24, 2.45) is 0 Å². The lowest BCUT2D eigenvalue weighted by Gasteiger charge is -2.21. The maximum Gasteiger partial charge on any atom is 0.265 e. The van der Waals surface area contributed by atoms with Gasteiger partial charge < -0.3 is 4.90 Å². The van der Waals surface area contributed by atoms with Crippen molar-refractivity contribution in [1.29, 1.82) is 0 Å². The number of fused-ring (bicyclic) bond motifs is 1. The number of halogens is 2. The summed E-state index contributed by atoms with van der Waals surface area (Å²) in [6.45, 7) is 4.57. The van der Waals surface area contributed by atoms with Crippen molar-refractivity contribution in [3.05, 3.63) is 81.9 Å². The zero-order valence-corrected chi connectivity index (χ0v) is 15.2. The Kier molecular flexibility index (Phi) is 5.11. The van der Waals surface area contributed by atoms with E-state index in [9.17, 15) is 9.18 Å². The SMILES string of the molecule is C=CCN(Cc1ccc(F)cc1)C(=O)c1sc2ccccc2c1Br. The molecule has 3 aromatic rings. The summed E-state index contributed by atoms with van der Waals surface area (Å²) in [4.78, 5) is 15.4. The lowest BCUT2D eigenvalue weighted by Crippen LogP contribution is -2.30. The van der Waals surface area contributed by atoms with Gasteiger partial charge in [-0.05, 0) is 39.7 Å². The van der Waals surface area contributed by atoms with Gasteiger partial charge in [0, 0.05) is 27.6 Å². The number of rotatable bonds is 5. The third-order valence-electron chi connectivity index (χ3n) is 3.65. The zero-order valence-electron chi connectivity index (χ0n) is 12.8. The van der Waals surface area contributed by atoms with E-state index >= 15 is 0 Å². The second-order valence-electron chi connectivity index (χ2n) is 5.34.